The summed E-state index contributed by atoms with van der Waals surface area (Å²) in [7, 11) is 0. The maximum absolute atomic E-state index is 13.2. The number of anilines is 1. The standard InChI is InChI=1S/C13H14FNOS/c1-8-5-6-17-13(8)9(2)15-10-3-4-12(16)11(14)7-10/h3-7,9,15-16H,1-2H3. The van der Waals surface area contributed by atoms with Crippen LogP contribution in [0.1, 0.15) is 23.4 Å². The van der Waals surface area contributed by atoms with Gasteiger partial charge in [0.2, 0.25) is 0 Å². The highest BCUT2D eigenvalue weighted by Gasteiger charge is 2.10. The van der Waals surface area contributed by atoms with Crippen molar-refractivity contribution >= 4 is 17.0 Å². The first kappa shape index (κ1) is 11.9. The molecule has 0 spiro atoms. The lowest BCUT2D eigenvalue weighted by Crippen LogP contribution is -2.06. The van der Waals surface area contributed by atoms with Gasteiger partial charge in [-0.15, -0.1) is 11.3 Å². The first-order chi connectivity index (χ1) is 8.08. The van der Waals surface area contributed by atoms with Crippen LogP contribution in [0, 0.1) is 12.7 Å². The van der Waals surface area contributed by atoms with Crippen molar-refractivity contribution in [2.45, 2.75) is 19.9 Å². The maximum atomic E-state index is 13.2. The number of rotatable bonds is 3. The second-order valence-electron chi connectivity index (χ2n) is 4.00. The molecule has 0 aliphatic carbocycles. The van der Waals surface area contributed by atoms with Crippen LogP contribution in [-0.4, -0.2) is 5.11 Å². The highest BCUT2D eigenvalue weighted by molar-refractivity contribution is 7.10. The average molecular weight is 251 g/mol. The molecule has 1 aromatic heterocycles. The Labute approximate surface area is 104 Å². The molecule has 2 rings (SSSR count). The molecule has 1 heterocycles. The minimum atomic E-state index is -0.606. The summed E-state index contributed by atoms with van der Waals surface area (Å²) in [5, 5.41) is 14.4. The number of thiophene rings is 1. The lowest BCUT2D eigenvalue weighted by Gasteiger charge is -2.15. The molecule has 0 saturated heterocycles. The third-order valence-corrected chi connectivity index (χ3v) is 3.83. The van der Waals surface area contributed by atoms with Crippen LogP contribution in [0.2, 0.25) is 0 Å². The highest BCUT2D eigenvalue weighted by Crippen LogP contribution is 2.28. The van der Waals surface area contributed by atoms with E-state index in [1.165, 1.54) is 22.6 Å². The number of phenolic OH excluding ortho intramolecular Hbond substituents is 1. The molecule has 4 heteroatoms. The minimum Gasteiger partial charge on any atom is -0.505 e. The van der Waals surface area contributed by atoms with Crippen molar-refractivity contribution in [3.63, 3.8) is 0 Å². The number of hydrogen-bond acceptors (Lipinski definition) is 3. The third kappa shape index (κ3) is 2.58. The topological polar surface area (TPSA) is 32.3 Å². The minimum absolute atomic E-state index is 0.124. The smallest absolute Gasteiger partial charge is 0.166 e. The molecule has 90 valence electrons. The Morgan fingerprint density at radius 2 is 2.12 bits per heavy atom. The fourth-order valence-corrected chi connectivity index (χ4v) is 2.68. The Balaban J connectivity index is 2.16. The Bertz CT molecular complexity index is 524. The molecular weight excluding hydrogens is 237 g/mol. The van der Waals surface area contributed by atoms with Gasteiger partial charge in [0, 0.05) is 16.6 Å². The van der Waals surface area contributed by atoms with Crippen LogP contribution in [-0.2, 0) is 0 Å². The van der Waals surface area contributed by atoms with E-state index in [4.69, 9.17) is 5.11 Å². The number of nitrogens with one attached hydrogen (secondary N) is 1. The van der Waals surface area contributed by atoms with Gasteiger partial charge in [-0.25, -0.2) is 4.39 Å². The molecule has 2 aromatic rings. The van der Waals surface area contributed by atoms with Crippen molar-refractivity contribution in [3.05, 3.63) is 45.9 Å². The number of aryl methyl sites for hydroxylation is 1. The van der Waals surface area contributed by atoms with Crippen LogP contribution in [0.3, 0.4) is 0 Å². The molecule has 0 saturated carbocycles. The van der Waals surface area contributed by atoms with Gasteiger partial charge in [-0.3, -0.25) is 0 Å². The molecule has 1 aromatic carbocycles. The van der Waals surface area contributed by atoms with Crippen molar-refractivity contribution in [1.29, 1.82) is 0 Å². The maximum Gasteiger partial charge on any atom is 0.166 e. The van der Waals surface area contributed by atoms with E-state index in [9.17, 15) is 4.39 Å². The van der Waals surface area contributed by atoms with E-state index < -0.39 is 5.82 Å². The van der Waals surface area contributed by atoms with Gasteiger partial charge in [-0.05, 0) is 43.0 Å². The van der Waals surface area contributed by atoms with E-state index in [0.29, 0.717) is 5.69 Å². The molecule has 0 radical (unpaired) electrons. The van der Waals surface area contributed by atoms with Crippen molar-refractivity contribution in [3.8, 4) is 5.75 Å². The van der Waals surface area contributed by atoms with Crippen LogP contribution in [0.25, 0.3) is 0 Å². The van der Waals surface area contributed by atoms with Crippen LogP contribution < -0.4 is 5.32 Å². The molecule has 17 heavy (non-hydrogen) atoms. The molecule has 2 nitrogen and oxygen atoms in total. The Kier molecular flexibility index (Phi) is 3.33. The summed E-state index contributed by atoms with van der Waals surface area (Å²) in [5.41, 5.74) is 1.90. The summed E-state index contributed by atoms with van der Waals surface area (Å²) in [6, 6.07) is 6.51. The van der Waals surface area contributed by atoms with Crippen molar-refractivity contribution in [1.82, 2.24) is 0 Å². The van der Waals surface area contributed by atoms with Crippen molar-refractivity contribution in [2.75, 3.05) is 5.32 Å². The van der Waals surface area contributed by atoms with Gasteiger partial charge >= 0.3 is 0 Å². The Morgan fingerprint density at radius 3 is 2.71 bits per heavy atom. The number of benzene rings is 1. The first-order valence-electron chi connectivity index (χ1n) is 5.37. The third-order valence-electron chi connectivity index (χ3n) is 2.63. The lowest BCUT2D eigenvalue weighted by atomic mass is 10.2. The van der Waals surface area contributed by atoms with E-state index in [1.54, 1.807) is 17.4 Å². The molecule has 0 bridgehead atoms. The molecule has 0 amide bonds. The fourth-order valence-electron chi connectivity index (χ4n) is 1.74. The largest absolute Gasteiger partial charge is 0.505 e. The summed E-state index contributed by atoms with van der Waals surface area (Å²) in [6.45, 7) is 4.09. The molecule has 1 atom stereocenters. The molecule has 1 unspecified atom stereocenters. The molecule has 0 fully saturated rings. The number of phenols is 1. The predicted molar refractivity (Wildman–Crippen MR) is 69.2 cm³/mol. The normalized spacial score (nSPS) is 12.4. The zero-order chi connectivity index (χ0) is 12.4. The number of aromatic hydroxyl groups is 1. The van der Waals surface area contributed by atoms with E-state index >= 15 is 0 Å². The second kappa shape index (κ2) is 4.75. The van der Waals surface area contributed by atoms with Gasteiger partial charge in [0.05, 0.1) is 6.04 Å². The summed E-state index contributed by atoms with van der Waals surface area (Å²) >= 11 is 1.68. The number of halogens is 1. The van der Waals surface area contributed by atoms with Gasteiger partial charge in [-0.2, -0.15) is 0 Å². The molecule has 0 aliphatic heterocycles. The van der Waals surface area contributed by atoms with Gasteiger partial charge in [-0.1, -0.05) is 0 Å². The summed E-state index contributed by atoms with van der Waals surface area (Å²) in [4.78, 5) is 1.23. The SMILES string of the molecule is Cc1ccsc1C(C)Nc1ccc(O)c(F)c1. The fraction of sp³-hybridized carbons (Fsp3) is 0.231. The summed E-state index contributed by atoms with van der Waals surface area (Å²) in [5.74, 6) is -0.930. The quantitative estimate of drug-likeness (QED) is 0.806. The summed E-state index contributed by atoms with van der Waals surface area (Å²) < 4.78 is 13.2. The van der Waals surface area contributed by atoms with E-state index in [1.807, 2.05) is 12.3 Å². The van der Waals surface area contributed by atoms with E-state index in [0.717, 1.165) is 0 Å². The average Bonchev–Trinajstić information content (AvgIpc) is 2.70. The zero-order valence-corrected chi connectivity index (χ0v) is 10.5. The second-order valence-corrected chi connectivity index (χ2v) is 4.95. The van der Waals surface area contributed by atoms with Gasteiger partial charge < -0.3 is 10.4 Å². The summed E-state index contributed by atoms with van der Waals surface area (Å²) in [6.07, 6.45) is 0. The van der Waals surface area contributed by atoms with Gasteiger partial charge in [0.25, 0.3) is 0 Å². The Morgan fingerprint density at radius 1 is 1.35 bits per heavy atom. The lowest BCUT2D eigenvalue weighted by molar-refractivity contribution is 0.432. The molecule has 0 aliphatic rings. The molecular formula is C13H14FNOS. The van der Waals surface area contributed by atoms with E-state index in [-0.39, 0.29) is 11.8 Å². The van der Waals surface area contributed by atoms with Crippen LogP contribution in [0.4, 0.5) is 10.1 Å². The van der Waals surface area contributed by atoms with Gasteiger partial charge in [0.1, 0.15) is 0 Å². The number of hydrogen-bond donors (Lipinski definition) is 2. The predicted octanol–water partition coefficient (Wildman–Crippen LogP) is 4.07. The highest BCUT2D eigenvalue weighted by atomic mass is 32.1. The molecule has 2 N–H and O–H groups in total. The zero-order valence-electron chi connectivity index (χ0n) is 9.70. The van der Waals surface area contributed by atoms with Crippen LogP contribution in [0.15, 0.2) is 29.6 Å². The van der Waals surface area contributed by atoms with E-state index in [2.05, 4.69) is 18.3 Å². The first-order valence-corrected chi connectivity index (χ1v) is 6.25. The monoisotopic (exact) mass is 251 g/mol. The van der Waals surface area contributed by atoms with Gasteiger partial charge in [0.15, 0.2) is 11.6 Å². The van der Waals surface area contributed by atoms with Crippen molar-refractivity contribution < 1.29 is 9.50 Å². The Hall–Kier alpha value is -1.55. The van der Waals surface area contributed by atoms with Crippen LogP contribution >= 0.6 is 11.3 Å². The van der Waals surface area contributed by atoms with Crippen LogP contribution in [0.5, 0.6) is 5.75 Å². The van der Waals surface area contributed by atoms with Crippen molar-refractivity contribution in [2.24, 2.45) is 0 Å².